The second-order valence-electron chi connectivity index (χ2n) is 8.34. The average molecular weight is 487 g/mol. The molecule has 0 unspecified atom stereocenters. The van der Waals surface area contributed by atoms with Gasteiger partial charge in [-0.1, -0.05) is 31.2 Å². The van der Waals surface area contributed by atoms with Crippen molar-refractivity contribution in [3.63, 3.8) is 0 Å². The van der Waals surface area contributed by atoms with Crippen LogP contribution in [-0.2, 0) is 24.2 Å². The molecule has 0 bridgehead atoms. The highest BCUT2D eigenvalue weighted by molar-refractivity contribution is 5.88. The predicted octanol–water partition coefficient (Wildman–Crippen LogP) is 2.34. The summed E-state index contributed by atoms with van der Waals surface area (Å²) in [7, 11) is 0. The van der Waals surface area contributed by atoms with Crippen molar-refractivity contribution in [3.8, 4) is 0 Å². The number of H-pyrrole nitrogens is 2. The fourth-order valence-corrected chi connectivity index (χ4v) is 4.00. The van der Waals surface area contributed by atoms with Crippen LogP contribution in [0.4, 0.5) is 14.6 Å². The van der Waals surface area contributed by atoms with Crippen molar-refractivity contribution in [2.75, 3.05) is 11.9 Å². The van der Waals surface area contributed by atoms with E-state index in [-0.39, 0.29) is 29.9 Å². The average Bonchev–Trinajstić information content (AvgIpc) is 2.77. The number of carbonyl (C=O) groups is 1. The van der Waals surface area contributed by atoms with Gasteiger partial charge in [-0.25, -0.2) is 13.6 Å². The number of anilines is 1. The molecule has 8 nitrogen and oxygen atoms in total. The first-order valence-corrected chi connectivity index (χ1v) is 11.2. The van der Waals surface area contributed by atoms with Gasteiger partial charge in [-0.15, -0.1) is 0 Å². The van der Waals surface area contributed by atoms with E-state index < -0.39 is 40.8 Å². The summed E-state index contributed by atoms with van der Waals surface area (Å²) in [6, 6.07) is 10.8. The van der Waals surface area contributed by atoms with Crippen molar-refractivity contribution in [2.24, 2.45) is 0 Å². The molecule has 10 heteroatoms. The van der Waals surface area contributed by atoms with E-state index in [1.165, 1.54) is 6.92 Å². The smallest absolute Gasteiger partial charge is 0.327 e. The van der Waals surface area contributed by atoms with Crippen LogP contribution in [0.1, 0.15) is 42.0 Å². The first kappa shape index (κ1) is 26.0. The Morgan fingerprint density at radius 3 is 2.37 bits per heavy atom. The van der Waals surface area contributed by atoms with Crippen LogP contribution in [0.3, 0.4) is 0 Å². The van der Waals surface area contributed by atoms with Gasteiger partial charge in [0.15, 0.2) is 0 Å². The molecule has 1 aromatic heterocycles. The number of nitrogens with one attached hydrogen (secondary N) is 4. The number of aromatic nitrogens is 2. The Morgan fingerprint density at radius 2 is 1.71 bits per heavy atom. The summed E-state index contributed by atoms with van der Waals surface area (Å²) in [6.45, 7) is 3.71. The van der Waals surface area contributed by atoms with E-state index in [2.05, 4.69) is 20.6 Å². The molecule has 1 heterocycles. The molecule has 2 atom stereocenters. The van der Waals surface area contributed by atoms with E-state index in [1.54, 1.807) is 0 Å². The fourth-order valence-electron chi connectivity index (χ4n) is 4.00. The molecule has 186 valence electrons. The van der Waals surface area contributed by atoms with E-state index >= 15 is 0 Å². The molecule has 0 spiro atoms. The van der Waals surface area contributed by atoms with E-state index in [0.717, 1.165) is 35.7 Å². The normalized spacial score (nSPS) is 12.8. The molecule has 5 N–H and O–H groups in total. The zero-order chi connectivity index (χ0) is 25.5. The maximum atomic E-state index is 13.8. The molecule has 3 aromatic rings. The van der Waals surface area contributed by atoms with Crippen LogP contribution in [0.2, 0.25) is 0 Å². The minimum absolute atomic E-state index is 0.0247. The van der Waals surface area contributed by atoms with Crippen LogP contribution in [0, 0.1) is 11.6 Å². The number of amides is 1. The van der Waals surface area contributed by atoms with Gasteiger partial charge in [-0.2, -0.15) is 0 Å². The van der Waals surface area contributed by atoms with Crippen LogP contribution < -0.4 is 21.9 Å². The summed E-state index contributed by atoms with van der Waals surface area (Å²) in [5.74, 6) is -3.36. The number of hydrogen-bond acceptors (Lipinski definition) is 5. The van der Waals surface area contributed by atoms with E-state index in [1.807, 2.05) is 31.2 Å². The molecule has 35 heavy (non-hydrogen) atoms. The maximum Gasteiger partial charge on any atom is 0.327 e. The van der Waals surface area contributed by atoms with Crippen LogP contribution in [0.15, 0.2) is 52.1 Å². The van der Waals surface area contributed by atoms with Crippen molar-refractivity contribution < 1.29 is 18.7 Å². The summed E-state index contributed by atoms with van der Waals surface area (Å²) in [4.78, 5) is 40.7. The highest BCUT2D eigenvalue weighted by atomic mass is 19.1. The van der Waals surface area contributed by atoms with Gasteiger partial charge in [0, 0.05) is 32.0 Å². The lowest BCUT2D eigenvalue weighted by Crippen LogP contribution is -2.38. The Labute approximate surface area is 200 Å². The maximum absolute atomic E-state index is 13.8. The van der Waals surface area contributed by atoms with Gasteiger partial charge in [-0.3, -0.25) is 19.6 Å². The monoisotopic (exact) mass is 486 g/mol. The summed E-state index contributed by atoms with van der Waals surface area (Å²) in [5.41, 5.74) is 0.584. The number of aryl methyl sites for hydroxylation is 1. The standard InChI is InChI=1S/C25H28F2N4O4/c1-3-15-5-4-6-16(7-15)12-28-13-21(33)20(10-17-8-18(26)11-19(27)9-17)22-23(29-14(2)32)30-25(35)31-24(22)34/h4-9,11,20-21,28,33H,3,10,12-13H2,1-2H3,(H3,29,30,31,32,34,35)/t20-,21+/m1/s1. The van der Waals surface area contributed by atoms with Crippen LogP contribution in [-0.4, -0.2) is 33.6 Å². The van der Waals surface area contributed by atoms with Crippen LogP contribution in [0.25, 0.3) is 0 Å². The number of aliphatic hydroxyl groups is 1. The molecule has 1 amide bonds. The Bertz CT molecular complexity index is 1280. The van der Waals surface area contributed by atoms with Gasteiger partial charge in [0.1, 0.15) is 17.5 Å². The molecule has 0 saturated carbocycles. The number of aliphatic hydroxyl groups excluding tert-OH is 1. The number of carbonyl (C=O) groups excluding carboxylic acids is 1. The van der Waals surface area contributed by atoms with Gasteiger partial charge in [0.25, 0.3) is 5.56 Å². The van der Waals surface area contributed by atoms with Crippen molar-refractivity contribution in [3.05, 3.63) is 97.2 Å². The Kier molecular flexibility index (Phi) is 8.67. The lowest BCUT2D eigenvalue weighted by atomic mass is 9.87. The Balaban J connectivity index is 1.93. The predicted molar refractivity (Wildman–Crippen MR) is 128 cm³/mol. The third-order valence-corrected chi connectivity index (χ3v) is 5.58. The molecular weight excluding hydrogens is 458 g/mol. The van der Waals surface area contributed by atoms with Gasteiger partial charge in [0.2, 0.25) is 5.91 Å². The molecule has 0 aliphatic rings. The zero-order valence-electron chi connectivity index (χ0n) is 19.5. The van der Waals surface area contributed by atoms with Gasteiger partial charge in [0.05, 0.1) is 11.7 Å². The summed E-state index contributed by atoms with van der Waals surface area (Å²) in [6.07, 6.45) is -0.469. The van der Waals surface area contributed by atoms with Crippen molar-refractivity contribution >= 4 is 11.7 Å². The highest BCUT2D eigenvalue weighted by Gasteiger charge is 2.28. The molecule has 0 radical (unpaired) electrons. The lowest BCUT2D eigenvalue weighted by molar-refractivity contribution is -0.114. The minimum atomic E-state index is -1.21. The van der Waals surface area contributed by atoms with E-state index in [4.69, 9.17) is 0 Å². The molecule has 0 aliphatic carbocycles. The van der Waals surface area contributed by atoms with E-state index in [9.17, 15) is 28.3 Å². The summed E-state index contributed by atoms with van der Waals surface area (Å²) < 4.78 is 27.7. The lowest BCUT2D eigenvalue weighted by Gasteiger charge is -2.25. The second kappa shape index (κ2) is 11.7. The molecular formula is C25H28F2N4O4. The number of halogens is 2. The third-order valence-electron chi connectivity index (χ3n) is 5.58. The second-order valence-corrected chi connectivity index (χ2v) is 8.34. The molecule has 3 rings (SSSR count). The first-order valence-electron chi connectivity index (χ1n) is 11.2. The number of rotatable bonds is 10. The molecule has 0 saturated heterocycles. The SMILES string of the molecule is CCc1cccc(CNC[C@H](O)[C@@H](Cc2cc(F)cc(F)c2)c2c(NC(C)=O)[nH]c(=O)[nH]c2=O)c1. The van der Waals surface area contributed by atoms with Crippen LogP contribution >= 0.6 is 0 Å². The Hall–Kier alpha value is -3.63. The summed E-state index contributed by atoms with van der Waals surface area (Å²) in [5, 5.41) is 16.6. The highest BCUT2D eigenvalue weighted by Crippen LogP contribution is 2.27. The number of aromatic amines is 2. The van der Waals surface area contributed by atoms with Gasteiger partial charge < -0.3 is 15.7 Å². The Morgan fingerprint density at radius 1 is 1.03 bits per heavy atom. The minimum Gasteiger partial charge on any atom is -0.391 e. The number of benzene rings is 2. The third kappa shape index (κ3) is 7.17. The molecule has 2 aromatic carbocycles. The quantitative estimate of drug-likeness (QED) is 0.301. The van der Waals surface area contributed by atoms with Crippen molar-refractivity contribution in [1.29, 1.82) is 0 Å². The van der Waals surface area contributed by atoms with Crippen molar-refractivity contribution in [1.82, 2.24) is 15.3 Å². The first-order chi connectivity index (χ1) is 16.7. The van der Waals surface area contributed by atoms with Crippen LogP contribution in [0.5, 0.6) is 0 Å². The van der Waals surface area contributed by atoms with Gasteiger partial charge >= 0.3 is 5.69 Å². The zero-order valence-corrected chi connectivity index (χ0v) is 19.5. The molecule has 0 aliphatic heterocycles. The van der Waals surface area contributed by atoms with Crippen molar-refractivity contribution in [2.45, 2.75) is 45.3 Å². The largest absolute Gasteiger partial charge is 0.391 e. The van der Waals surface area contributed by atoms with E-state index in [0.29, 0.717) is 6.54 Å². The molecule has 0 fully saturated rings. The fraction of sp³-hybridized carbons (Fsp3) is 0.320. The topological polar surface area (TPSA) is 127 Å². The number of hydrogen-bond donors (Lipinski definition) is 5. The summed E-state index contributed by atoms with van der Waals surface area (Å²) >= 11 is 0. The van der Waals surface area contributed by atoms with Gasteiger partial charge in [-0.05, 0) is 41.7 Å².